The van der Waals surface area contributed by atoms with Gasteiger partial charge in [-0.1, -0.05) is 6.07 Å². The fourth-order valence-corrected chi connectivity index (χ4v) is 1.49. The topological polar surface area (TPSA) is 73.2 Å². The van der Waals surface area contributed by atoms with E-state index >= 15 is 0 Å². The molecule has 1 N–H and O–H groups in total. The second-order valence-corrected chi connectivity index (χ2v) is 3.86. The Morgan fingerprint density at radius 3 is 2.95 bits per heavy atom. The molecule has 0 bridgehead atoms. The molecule has 0 saturated carbocycles. The summed E-state index contributed by atoms with van der Waals surface area (Å²) in [7, 11) is 0. The first kappa shape index (κ1) is 12.8. The van der Waals surface area contributed by atoms with Crippen molar-refractivity contribution in [2.24, 2.45) is 0 Å². The Kier molecular flexibility index (Phi) is 3.92. The lowest BCUT2D eigenvalue weighted by atomic mass is 10.3. The molecule has 0 radical (unpaired) electrons. The number of hydrogen-bond acceptors (Lipinski definition) is 4. The van der Waals surface area contributed by atoms with Gasteiger partial charge in [-0.05, 0) is 12.1 Å². The highest BCUT2D eigenvalue weighted by Gasteiger charge is 2.05. The molecule has 1 amide bonds. The zero-order chi connectivity index (χ0) is 13.7. The van der Waals surface area contributed by atoms with Gasteiger partial charge in [-0.25, -0.2) is 4.98 Å². The zero-order valence-electron chi connectivity index (χ0n) is 10.4. The van der Waals surface area contributed by atoms with E-state index in [9.17, 15) is 9.59 Å². The van der Waals surface area contributed by atoms with Crippen molar-refractivity contribution in [1.29, 1.82) is 0 Å². The smallest absolute Gasteiger partial charge is 0.269 e. The third-order valence-electron chi connectivity index (χ3n) is 2.31. The molecule has 98 valence electrons. The summed E-state index contributed by atoms with van der Waals surface area (Å²) in [5.41, 5.74) is 0.625. The monoisotopic (exact) mass is 259 g/mol. The van der Waals surface area contributed by atoms with Gasteiger partial charge in [0.25, 0.3) is 5.91 Å². The second kappa shape index (κ2) is 5.81. The lowest BCUT2D eigenvalue weighted by molar-refractivity contribution is -0.114. The van der Waals surface area contributed by atoms with Crippen LogP contribution >= 0.6 is 0 Å². The SMILES string of the molecule is CC(=O)Nc1cccc(OCC(=O)n2ccnc2)c1. The molecule has 1 aromatic heterocycles. The van der Waals surface area contributed by atoms with Gasteiger partial charge in [-0.3, -0.25) is 14.2 Å². The minimum Gasteiger partial charge on any atom is -0.484 e. The molecular formula is C13H13N3O3. The van der Waals surface area contributed by atoms with Crippen LogP contribution < -0.4 is 10.1 Å². The van der Waals surface area contributed by atoms with Gasteiger partial charge in [0.2, 0.25) is 5.91 Å². The fourth-order valence-electron chi connectivity index (χ4n) is 1.49. The molecule has 0 atom stereocenters. The van der Waals surface area contributed by atoms with Crippen molar-refractivity contribution >= 4 is 17.5 Å². The van der Waals surface area contributed by atoms with E-state index in [2.05, 4.69) is 10.3 Å². The van der Waals surface area contributed by atoms with Crippen molar-refractivity contribution in [3.8, 4) is 5.75 Å². The van der Waals surface area contributed by atoms with E-state index in [0.717, 1.165) is 0 Å². The zero-order valence-corrected chi connectivity index (χ0v) is 10.4. The van der Waals surface area contributed by atoms with E-state index in [-0.39, 0.29) is 18.4 Å². The normalized spacial score (nSPS) is 9.95. The average molecular weight is 259 g/mol. The lowest BCUT2D eigenvalue weighted by Crippen LogP contribution is -2.17. The molecule has 2 rings (SSSR count). The number of carbonyl (C=O) groups excluding carboxylic acids is 2. The molecule has 0 unspecified atom stereocenters. The maximum absolute atomic E-state index is 11.7. The van der Waals surface area contributed by atoms with Crippen LogP contribution in [0, 0.1) is 0 Å². The van der Waals surface area contributed by atoms with E-state index < -0.39 is 0 Å². The molecule has 0 spiro atoms. The van der Waals surface area contributed by atoms with Gasteiger partial charge in [-0.15, -0.1) is 0 Å². The predicted molar refractivity (Wildman–Crippen MR) is 69.1 cm³/mol. The standard InChI is InChI=1S/C13H13N3O3/c1-10(17)15-11-3-2-4-12(7-11)19-8-13(18)16-6-5-14-9-16/h2-7,9H,8H2,1H3,(H,15,17). The largest absolute Gasteiger partial charge is 0.484 e. The summed E-state index contributed by atoms with van der Waals surface area (Å²) in [6, 6.07) is 6.85. The number of aromatic nitrogens is 2. The number of nitrogens with zero attached hydrogens (tertiary/aromatic N) is 2. The molecule has 1 heterocycles. The molecule has 0 aliphatic heterocycles. The highest BCUT2D eigenvalue weighted by molar-refractivity contribution is 5.88. The van der Waals surface area contributed by atoms with Crippen LogP contribution in [0.2, 0.25) is 0 Å². The maximum atomic E-state index is 11.7. The van der Waals surface area contributed by atoms with E-state index in [1.807, 2.05) is 0 Å². The van der Waals surface area contributed by atoms with Crippen molar-refractivity contribution in [2.45, 2.75) is 6.92 Å². The van der Waals surface area contributed by atoms with Gasteiger partial charge >= 0.3 is 0 Å². The molecule has 0 aliphatic rings. The molecule has 6 heteroatoms. The minimum absolute atomic E-state index is 0.0973. The molecule has 0 aliphatic carbocycles. The number of imidazole rings is 1. The van der Waals surface area contributed by atoms with E-state index in [4.69, 9.17) is 4.74 Å². The minimum atomic E-state index is -0.220. The van der Waals surface area contributed by atoms with E-state index in [1.54, 1.807) is 30.5 Å². The Balaban J connectivity index is 1.96. The van der Waals surface area contributed by atoms with Gasteiger partial charge in [0.05, 0.1) is 0 Å². The molecule has 2 aromatic rings. The van der Waals surface area contributed by atoms with Crippen LogP contribution in [0.1, 0.15) is 11.7 Å². The number of benzene rings is 1. The number of ether oxygens (including phenoxy) is 1. The lowest BCUT2D eigenvalue weighted by Gasteiger charge is -2.07. The van der Waals surface area contributed by atoms with Crippen molar-refractivity contribution in [2.75, 3.05) is 11.9 Å². The van der Waals surface area contributed by atoms with Crippen LogP contribution in [0.25, 0.3) is 0 Å². The van der Waals surface area contributed by atoms with E-state index in [1.165, 1.54) is 24.0 Å². The molecule has 19 heavy (non-hydrogen) atoms. The highest BCUT2D eigenvalue weighted by Crippen LogP contribution is 2.17. The molecule has 0 fully saturated rings. The summed E-state index contributed by atoms with van der Waals surface area (Å²) in [6.45, 7) is 1.33. The van der Waals surface area contributed by atoms with Crippen molar-refractivity contribution in [3.63, 3.8) is 0 Å². The summed E-state index contributed by atoms with van der Waals surface area (Å²) in [5, 5.41) is 2.64. The van der Waals surface area contributed by atoms with Crippen LogP contribution in [-0.2, 0) is 4.79 Å². The summed E-state index contributed by atoms with van der Waals surface area (Å²) in [5.74, 6) is 0.133. The van der Waals surface area contributed by atoms with Crippen LogP contribution in [0.4, 0.5) is 5.69 Å². The molecule has 0 saturated heterocycles. The fraction of sp³-hybridized carbons (Fsp3) is 0.154. The van der Waals surface area contributed by atoms with Gasteiger partial charge in [0.1, 0.15) is 12.1 Å². The maximum Gasteiger partial charge on any atom is 0.269 e. The number of nitrogens with one attached hydrogen (secondary N) is 1. The third-order valence-corrected chi connectivity index (χ3v) is 2.31. The number of amides is 1. The first-order valence-electron chi connectivity index (χ1n) is 5.67. The van der Waals surface area contributed by atoms with Crippen LogP contribution in [0.5, 0.6) is 5.75 Å². The number of anilines is 1. The van der Waals surface area contributed by atoms with Gasteiger partial charge in [-0.2, -0.15) is 0 Å². The van der Waals surface area contributed by atoms with Gasteiger partial charge in [0, 0.05) is 31.1 Å². The Labute approximate surface area is 110 Å². The van der Waals surface area contributed by atoms with E-state index in [0.29, 0.717) is 11.4 Å². The van der Waals surface area contributed by atoms with Crippen LogP contribution in [-0.4, -0.2) is 28.0 Å². The first-order valence-corrected chi connectivity index (χ1v) is 5.67. The molecule has 6 nitrogen and oxygen atoms in total. The van der Waals surface area contributed by atoms with Gasteiger partial charge < -0.3 is 10.1 Å². The number of hydrogen-bond donors (Lipinski definition) is 1. The Bertz CT molecular complexity index is 579. The summed E-state index contributed by atoms with van der Waals surface area (Å²) in [4.78, 5) is 26.4. The third kappa shape index (κ3) is 3.67. The number of carbonyl (C=O) groups is 2. The van der Waals surface area contributed by atoms with Crippen LogP contribution in [0.3, 0.4) is 0 Å². The van der Waals surface area contributed by atoms with Crippen molar-refractivity contribution in [3.05, 3.63) is 43.0 Å². The van der Waals surface area contributed by atoms with Gasteiger partial charge in [0.15, 0.2) is 6.61 Å². The Hall–Kier alpha value is -2.63. The Morgan fingerprint density at radius 1 is 1.42 bits per heavy atom. The average Bonchev–Trinajstić information content (AvgIpc) is 2.89. The first-order chi connectivity index (χ1) is 9.15. The predicted octanol–water partition coefficient (Wildman–Crippen LogP) is 1.56. The highest BCUT2D eigenvalue weighted by atomic mass is 16.5. The quantitative estimate of drug-likeness (QED) is 0.904. The summed E-state index contributed by atoms with van der Waals surface area (Å²) in [6.07, 6.45) is 4.49. The number of rotatable bonds is 4. The van der Waals surface area contributed by atoms with Crippen molar-refractivity contribution in [1.82, 2.24) is 9.55 Å². The summed E-state index contributed by atoms with van der Waals surface area (Å²) < 4.78 is 6.71. The second-order valence-electron chi connectivity index (χ2n) is 3.86. The molecular weight excluding hydrogens is 246 g/mol. The van der Waals surface area contributed by atoms with Crippen molar-refractivity contribution < 1.29 is 14.3 Å². The van der Waals surface area contributed by atoms with Crippen LogP contribution in [0.15, 0.2) is 43.0 Å². The Morgan fingerprint density at radius 2 is 2.26 bits per heavy atom. The molecule has 1 aromatic carbocycles. The summed E-state index contributed by atoms with van der Waals surface area (Å²) >= 11 is 0.